The summed E-state index contributed by atoms with van der Waals surface area (Å²) >= 11 is 0. The van der Waals surface area contributed by atoms with Gasteiger partial charge in [0.1, 0.15) is 17.7 Å². The summed E-state index contributed by atoms with van der Waals surface area (Å²) in [6.07, 6.45) is 0.0236. The number of para-hydroxylation sites is 1. The van der Waals surface area contributed by atoms with Gasteiger partial charge in [-0.2, -0.15) is 0 Å². The standard InChI is InChI=1S/C17H24N4O2/c1-11(2)23-15-10-21(9-14(15)22)17-12-5-3-4-6-13(12)19-16(20-17)7-8-18/h3-6,11,14-15,22H,7-10,18H2,1-2H3/t14-,15-/m1/s1. The molecule has 0 saturated carbocycles. The molecule has 1 aromatic heterocycles. The van der Waals surface area contributed by atoms with Gasteiger partial charge >= 0.3 is 0 Å². The molecule has 0 unspecified atom stereocenters. The number of hydrogen-bond donors (Lipinski definition) is 2. The van der Waals surface area contributed by atoms with Crippen LogP contribution in [0.1, 0.15) is 19.7 Å². The van der Waals surface area contributed by atoms with Crippen molar-refractivity contribution in [2.24, 2.45) is 5.73 Å². The van der Waals surface area contributed by atoms with Gasteiger partial charge in [-0.15, -0.1) is 0 Å². The lowest BCUT2D eigenvalue weighted by atomic mass is 10.2. The maximum atomic E-state index is 10.3. The van der Waals surface area contributed by atoms with Crippen molar-refractivity contribution < 1.29 is 9.84 Å². The van der Waals surface area contributed by atoms with E-state index in [-0.39, 0.29) is 12.2 Å². The van der Waals surface area contributed by atoms with Crippen LogP contribution in [0, 0.1) is 0 Å². The first-order valence-electron chi connectivity index (χ1n) is 8.12. The van der Waals surface area contributed by atoms with E-state index in [9.17, 15) is 5.11 Å². The number of aliphatic hydroxyl groups is 1. The molecule has 2 heterocycles. The van der Waals surface area contributed by atoms with Crippen molar-refractivity contribution in [3.63, 3.8) is 0 Å². The van der Waals surface area contributed by atoms with Gasteiger partial charge in [0, 0.05) is 24.9 Å². The summed E-state index contributed by atoms with van der Waals surface area (Å²) in [6.45, 7) is 5.62. The quantitative estimate of drug-likeness (QED) is 0.859. The van der Waals surface area contributed by atoms with Gasteiger partial charge in [0.2, 0.25) is 0 Å². The van der Waals surface area contributed by atoms with Crippen LogP contribution in [0.5, 0.6) is 0 Å². The summed E-state index contributed by atoms with van der Waals surface area (Å²) in [5.41, 5.74) is 6.56. The van der Waals surface area contributed by atoms with Crippen LogP contribution in [-0.2, 0) is 11.2 Å². The average Bonchev–Trinajstić information content (AvgIpc) is 2.87. The minimum absolute atomic E-state index is 0.0875. The number of hydrogen-bond acceptors (Lipinski definition) is 6. The maximum Gasteiger partial charge on any atom is 0.140 e. The molecule has 0 aliphatic carbocycles. The zero-order chi connectivity index (χ0) is 16.4. The predicted octanol–water partition coefficient (Wildman–Crippen LogP) is 1.11. The molecule has 3 N–H and O–H groups in total. The van der Waals surface area contributed by atoms with Gasteiger partial charge in [0.05, 0.1) is 17.7 Å². The van der Waals surface area contributed by atoms with Crippen molar-refractivity contribution >= 4 is 16.7 Å². The fourth-order valence-corrected chi connectivity index (χ4v) is 3.00. The number of anilines is 1. The lowest BCUT2D eigenvalue weighted by Crippen LogP contribution is -2.29. The molecule has 0 amide bonds. The summed E-state index contributed by atoms with van der Waals surface area (Å²) < 4.78 is 5.81. The number of β-amino-alcohol motifs (C(OH)–C–C–N with tert-alkyl or cyclic N) is 1. The number of aliphatic hydroxyl groups excluding tert-OH is 1. The fourth-order valence-electron chi connectivity index (χ4n) is 3.00. The van der Waals surface area contributed by atoms with Crippen LogP contribution in [0.4, 0.5) is 5.82 Å². The predicted molar refractivity (Wildman–Crippen MR) is 90.5 cm³/mol. The van der Waals surface area contributed by atoms with Crippen molar-refractivity contribution in [2.45, 2.75) is 38.6 Å². The molecule has 0 spiro atoms. The van der Waals surface area contributed by atoms with E-state index in [0.29, 0.717) is 26.1 Å². The molecule has 6 heteroatoms. The largest absolute Gasteiger partial charge is 0.388 e. The fraction of sp³-hybridized carbons (Fsp3) is 0.529. The van der Waals surface area contributed by atoms with Crippen LogP contribution in [0.2, 0.25) is 0 Å². The Morgan fingerprint density at radius 1 is 1.30 bits per heavy atom. The first-order valence-corrected chi connectivity index (χ1v) is 8.12. The molecule has 1 fully saturated rings. The van der Waals surface area contributed by atoms with Gasteiger partial charge < -0.3 is 20.5 Å². The Kier molecular flexibility index (Phi) is 4.75. The van der Waals surface area contributed by atoms with Gasteiger partial charge in [0.15, 0.2) is 0 Å². The second-order valence-electron chi connectivity index (χ2n) is 6.21. The molecular formula is C17H24N4O2. The third-order valence-corrected chi connectivity index (χ3v) is 3.98. The summed E-state index contributed by atoms with van der Waals surface area (Å²) in [5, 5.41) is 11.3. The zero-order valence-electron chi connectivity index (χ0n) is 13.6. The molecule has 2 aromatic rings. The second kappa shape index (κ2) is 6.78. The molecule has 1 aliphatic rings. The Morgan fingerprint density at radius 2 is 2.09 bits per heavy atom. The lowest BCUT2D eigenvalue weighted by molar-refractivity contribution is -0.0386. The highest BCUT2D eigenvalue weighted by Crippen LogP contribution is 2.28. The van der Waals surface area contributed by atoms with Crippen molar-refractivity contribution in [1.29, 1.82) is 0 Å². The molecule has 1 aliphatic heterocycles. The van der Waals surface area contributed by atoms with Crippen LogP contribution < -0.4 is 10.6 Å². The van der Waals surface area contributed by atoms with Gasteiger partial charge in [-0.25, -0.2) is 9.97 Å². The van der Waals surface area contributed by atoms with E-state index in [2.05, 4.69) is 14.9 Å². The first kappa shape index (κ1) is 16.1. The lowest BCUT2D eigenvalue weighted by Gasteiger charge is -2.20. The van der Waals surface area contributed by atoms with Gasteiger partial charge in [-0.05, 0) is 32.5 Å². The Labute approximate surface area is 136 Å². The van der Waals surface area contributed by atoms with E-state index in [4.69, 9.17) is 10.5 Å². The monoisotopic (exact) mass is 316 g/mol. The topological polar surface area (TPSA) is 84.5 Å². The second-order valence-corrected chi connectivity index (χ2v) is 6.21. The number of nitrogens with zero attached hydrogens (tertiary/aromatic N) is 3. The first-order chi connectivity index (χ1) is 11.1. The average molecular weight is 316 g/mol. The van der Waals surface area contributed by atoms with E-state index in [0.717, 1.165) is 22.5 Å². The molecule has 3 rings (SSSR count). The number of rotatable bonds is 5. The molecule has 1 aromatic carbocycles. The van der Waals surface area contributed by atoms with Crippen LogP contribution in [0.3, 0.4) is 0 Å². The number of fused-ring (bicyclic) bond motifs is 1. The highest BCUT2D eigenvalue weighted by atomic mass is 16.5. The minimum Gasteiger partial charge on any atom is -0.388 e. The third-order valence-electron chi connectivity index (χ3n) is 3.98. The molecule has 124 valence electrons. The van der Waals surface area contributed by atoms with E-state index in [1.165, 1.54) is 0 Å². The molecule has 0 radical (unpaired) electrons. The smallest absolute Gasteiger partial charge is 0.140 e. The molecule has 23 heavy (non-hydrogen) atoms. The third kappa shape index (κ3) is 3.44. The summed E-state index contributed by atoms with van der Waals surface area (Å²) in [7, 11) is 0. The van der Waals surface area contributed by atoms with Crippen LogP contribution >= 0.6 is 0 Å². The van der Waals surface area contributed by atoms with E-state index >= 15 is 0 Å². The Balaban J connectivity index is 1.95. The van der Waals surface area contributed by atoms with E-state index < -0.39 is 6.10 Å². The maximum absolute atomic E-state index is 10.3. The number of nitrogens with two attached hydrogens (primary N) is 1. The van der Waals surface area contributed by atoms with Crippen molar-refractivity contribution in [3.8, 4) is 0 Å². The summed E-state index contributed by atoms with van der Waals surface area (Å²) in [4.78, 5) is 11.3. The summed E-state index contributed by atoms with van der Waals surface area (Å²) in [5.74, 6) is 1.59. The highest BCUT2D eigenvalue weighted by Gasteiger charge is 2.34. The SMILES string of the molecule is CC(C)O[C@@H]1CN(c2nc(CCN)nc3ccccc23)C[C@H]1O. The Bertz CT molecular complexity index is 677. The normalized spacial score (nSPS) is 21.5. The molecule has 0 bridgehead atoms. The summed E-state index contributed by atoms with van der Waals surface area (Å²) in [6, 6.07) is 7.94. The van der Waals surface area contributed by atoms with Crippen LogP contribution in [0.25, 0.3) is 10.9 Å². The van der Waals surface area contributed by atoms with Crippen molar-refractivity contribution in [3.05, 3.63) is 30.1 Å². The van der Waals surface area contributed by atoms with Gasteiger partial charge in [-0.3, -0.25) is 0 Å². The molecule has 2 atom stereocenters. The van der Waals surface area contributed by atoms with Crippen molar-refractivity contribution in [1.82, 2.24) is 9.97 Å². The van der Waals surface area contributed by atoms with E-state index in [1.54, 1.807) is 0 Å². The molecule has 1 saturated heterocycles. The van der Waals surface area contributed by atoms with Crippen LogP contribution in [0.15, 0.2) is 24.3 Å². The molecular weight excluding hydrogens is 292 g/mol. The Hall–Kier alpha value is -1.76. The molecule has 6 nitrogen and oxygen atoms in total. The van der Waals surface area contributed by atoms with Gasteiger partial charge in [0.25, 0.3) is 0 Å². The van der Waals surface area contributed by atoms with Crippen LogP contribution in [-0.4, -0.2) is 53.0 Å². The van der Waals surface area contributed by atoms with E-state index in [1.807, 2.05) is 38.1 Å². The van der Waals surface area contributed by atoms with Crippen molar-refractivity contribution in [2.75, 3.05) is 24.5 Å². The number of aromatic nitrogens is 2. The minimum atomic E-state index is -0.510. The highest BCUT2D eigenvalue weighted by molar-refractivity contribution is 5.89. The zero-order valence-corrected chi connectivity index (χ0v) is 13.6. The number of benzene rings is 1. The Morgan fingerprint density at radius 3 is 2.83 bits per heavy atom. The number of ether oxygens (including phenoxy) is 1. The van der Waals surface area contributed by atoms with Gasteiger partial charge in [-0.1, -0.05) is 12.1 Å².